The molecule has 0 aromatic carbocycles. The van der Waals surface area contributed by atoms with Crippen molar-refractivity contribution in [3.8, 4) is 0 Å². The summed E-state index contributed by atoms with van der Waals surface area (Å²) < 4.78 is 23.0. The van der Waals surface area contributed by atoms with Crippen molar-refractivity contribution in [3.63, 3.8) is 0 Å². The molecular formula is C8H13N3O2S2. The molecule has 1 aliphatic carbocycles. The molecule has 15 heavy (non-hydrogen) atoms. The second-order valence-corrected chi connectivity index (χ2v) is 6.89. The molecule has 84 valence electrons. The highest BCUT2D eigenvalue weighted by atomic mass is 32.2. The van der Waals surface area contributed by atoms with Crippen LogP contribution in [0.3, 0.4) is 0 Å². The van der Waals surface area contributed by atoms with E-state index in [4.69, 9.17) is 0 Å². The van der Waals surface area contributed by atoms with Crippen LogP contribution in [0.15, 0.2) is 5.51 Å². The first-order chi connectivity index (χ1) is 7.07. The summed E-state index contributed by atoms with van der Waals surface area (Å²) in [5, 5.41) is 11.1. The number of anilines is 1. The number of rotatable bonds is 3. The maximum Gasteiger partial charge on any atom is 0.205 e. The smallest absolute Gasteiger partial charge is 0.205 e. The van der Waals surface area contributed by atoms with E-state index >= 15 is 0 Å². The molecule has 1 aromatic rings. The largest absolute Gasteiger partial charge is 0.356 e. The van der Waals surface area contributed by atoms with Crippen LogP contribution in [0.1, 0.15) is 19.3 Å². The van der Waals surface area contributed by atoms with Gasteiger partial charge in [0.2, 0.25) is 5.13 Å². The summed E-state index contributed by atoms with van der Waals surface area (Å²) in [6.07, 6.45) is 3.89. The maximum atomic E-state index is 11.5. The van der Waals surface area contributed by atoms with E-state index in [2.05, 4.69) is 15.5 Å². The first kappa shape index (κ1) is 10.8. The van der Waals surface area contributed by atoms with Crippen LogP contribution in [0.5, 0.6) is 0 Å². The van der Waals surface area contributed by atoms with Crippen LogP contribution in [0.25, 0.3) is 0 Å². The van der Waals surface area contributed by atoms with Crippen LogP contribution < -0.4 is 5.32 Å². The van der Waals surface area contributed by atoms with E-state index in [9.17, 15) is 8.42 Å². The van der Waals surface area contributed by atoms with Crippen molar-refractivity contribution in [2.75, 3.05) is 11.6 Å². The number of nitrogens with zero attached hydrogens (tertiary/aromatic N) is 2. The molecule has 2 rings (SSSR count). The van der Waals surface area contributed by atoms with Crippen molar-refractivity contribution in [1.82, 2.24) is 10.2 Å². The first-order valence-corrected chi connectivity index (χ1v) is 7.62. The number of sulfone groups is 1. The van der Waals surface area contributed by atoms with Crippen LogP contribution in [0.4, 0.5) is 5.13 Å². The minimum Gasteiger partial charge on any atom is -0.356 e. The first-order valence-electron chi connectivity index (χ1n) is 4.79. The van der Waals surface area contributed by atoms with Crippen molar-refractivity contribution in [2.24, 2.45) is 0 Å². The maximum absolute atomic E-state index is 11.5. The quantitative estimate of drug-likeness (QED) is 0.859. The summed E-state index contributed by atoms with van der Waals surface area (Å²) in [5.41, 5.74) is 1.63. The van der Waals surface area contributed by atoms with Gasteiger partial charge >= 0.3 is 0 Å². The van der Waals surface area contributed by atoms with Gasteiger partial charge in [-0.15, -0.1) is 10.2 Å². The van der Waals surface area contributed by atoms with Crippen LogP contribution in [-0.4, -0.2) is 36.2 Å². The van der Waals surface area contributed by atoms with Crippen LogP contribution in [-0.2, 0) is 9.84 Å². The standard InChI is InChI=1S/C8H13N3O2S2/c1-15(12,13)7-4-2-3-6(7)10-8-11-9-5-14-8/h5-7H,2-4H2,1H3,(H,10,11). The number of aromatic nitrogens is 2. The van der Waals surface area contributed by atoms with Crippen molar-refractivity contribution in [2.45, 2.75) is 30.6 Å². The summed E-state index contributed by atoms with van der Waals surface area (Å²) in [7, 11) is -2.96. The molecular weight excluding hydrogens is 234 g/mol. The Kier molecular flexibility index (Phi) is 2.92. The molecule has 0 saturated heterocycles. The van der Waals surface area contributed by atoms with E-state index in [0.29, 0.717) is 5.13 Å². The highest BCUT2D eigenvalue weighted by Crippen LogP contribution is 2.28. The minimum atomic E-state index is -2.96. The fourth-order valence-electron chi connectivity index (χ4n) is 2.00. The molecule has 5 nitrogen and oxygen atoms in total. The summed E-state index contributed by atoms with van der Waals surface area (Å²) >= 11 is 1.39. The number of hydrogen-bond donors (Lipinski definition) is 1. The second kappa shape index (κ2) is 4.05. The highest BCUT2D eigenvalue weighted by Gasteiger charge is 2.35. The van der Waals surface area contributed by atoms with E-state index in [1.54, 1.807) is 5.51 Å². The molecule has 0 spiro atoms. The molecule has 7 heteroatoms. The lowest BCUT2D eigenvalue weighted by atomic mass is 10.2. The van der Waals surface area contributed by atoms with Gasteiger partial charge in [0.15, 0.2) is 9.84 Å². The molecule has 1 fully saturated rings. The van der Waals surface area contributed by atoms with E-state index in [1.165, 1.54) is 17.6 Å². The zero-order chi connectivity index (χ0) is 10.9. The monoisotopic (exact) mass is 247 g/mol. The Labute approximate surface area is 92.8 Å². The predicted molar refractivity (Wildman–Crippen MR) is 59.8 cm³/mol. The molecule has 0 aliphatic heterocycles. The Bertz CT molecular complexity index is 415. The summed E-state index contributed by atoms with van der Waals surface area (Å²) in [5.74, 6) is 0. The Hall–Kier alpha value is -0.690. The van der Waals surface area contributed by atoms with Crippen LogP contribution in [0.2, 0.25) is 0 Å². The Morgan fingerprint density at radius 2 is 2.33 bits per heavy atom. The average molecular weight is 247 g/mol. The van der Waals surface area contributed by atoms with Gasteiger partial charge in [0.1, 0.15) is 5.51 Å². The third-order valence-corrected chi connectivity index (χ3v) is 4.96. The zero-order valence-corrected chi connectivity index (χ0v) is 10.0. The van der Waals surface area contributed by atoms with Gasteiger partial charge in [0.05, 0.1) is 5.25 Å². The second-order valence-electron chi connectivity index (χ2n) is 3.79. The van der Waals surface area contributed by atoms with Crippen LogP contribution in [0, 0.1) is 0 Å². The third kappa shape index (κ3) is 2.46. The molecule has 1 aliphatic rings. The SMILES string of the molecule is CS(=O)(=O)C1CCCC1Nc1nncs1. The molecule has 0 bridgehead atoms. The molecule has 2 unspecified atom stereocenters. The van der Waals surface area contributed by atoms with E-state index in [1.807, 2.05) is 0 Å². The normalized spacial score (nSPS) is 26.7. The Morgan fingerprint density at radius 3 is 2.93 bits per heavy atom. The molecule has 1 N–H and O–H groups in total. The molecule has 1 saturated carbocycles. The molecule has 1 aromatic heterocycles. The van der Waals surface area contributed by atoms with Crippen LogP contribution >= 0.6 is 11.3 Å². The van der Waals surface area contributed by atoms with Gasteiger partial charge < -0.3 is 5.32 Å². The summed E-state index contributed by atoms with van der Waals surface area (Å²) in [6, 6.07) is -0.00653. The van der Waals surface area contributed by atoms with E-state index in [0.717, 1.165) is 19.3 Å². The number of nitrogens with one attached hydrogen (secondary N) is 1. The van der Waals surface area contributed by atoms with E-state index in [-0.39, 0.29) is 11.3 Å². The van der Waals surface area contributed by atoms with Gasteiger partial charge in [0, 0.05) is 12.3 Å². The van der Waals surface area contributed by atoms with Gasteiger partial charge in [-0.3, -0.25) is 0 Å². The molecule has 0 radical (unpaired) electrons. The Morgan fingerprint density at radius 1 is 1.53 bits per heavy atom. The molecule has 1 heterocycles. The predicted octanol–water partition coefficient (Wildman–Crippen LogP) is 0.916. The minimum absolute atomic E-state index is 0.00653. The summed E-state index contributed by atoms with van der Waals surface area (Å²) in [6.45, 7) is 0. The molecule has 0 amide bonds. The fraction of sp³-hybridized carbons (Fsp3) is 0.750. The molecule has 2 atom stereocenters. The lowest BCUT2D eigenvalue weighted by Crippen LogP contribution is -2.34. The zero-order valence-electron chi connectivity index (χ0n) is 8.38. The van der Waals surface area contributed by atoms with E-state index < -0.39 is 9.84 Å². The van der Waals surface area contributed by atoms with Crippen molar-refractivity contribution < 1.29 is 8.42 Å². The highest BCUT2D eigenvalue weighted by molar-refractivity contribution is 7.91. The lowest BCUT2D eigenvalue weighted by molar-refractivity contribution is 0.579. The van der Waals surface area contributed by atoms with Crippen molar-refractivity contribution in [1.29, 1.82) is 0 Å². The lowest BCUT2D eigenvalue weighted by Gasteiger charge is -2.18. The third-order valence-electron chi connectivity index (χ3n) is 2.67. The van der Waals surface area contributed by atoms with Crippen molar-refractivity contribution >= 4 is 26.3 Å². The van der Waals surface area contributed by atoms with Gasteiger partial charge in [-0.2, -0.15) is 0 Å². The summed E-state index contributed by atoms with van der Waals surface area (Å²) in [4.78, 5) is 0. The van der Waals surface area contributed by atoms with Gasteiger partial charge in [-0.25, -0.2) is 8.42 Å². The van der Waals surface area contributed by atoms with Gasteiger partial charge in [-0.1, -0.05) is 11.3 Å². The average Bonchev–Trinajstić information content (AvgIpc) is 2.73. The van der Waals surface area contributed by atoms with Crippen molar-refractivity contribution in [3.05, 3.63) is 5.51 Å². The number of hydrogen-bond acceptors (Lipinski definition) is 6. The fourth-order valence-corrected chi connectivity index (χ4v) is 3.90. The van der Waals surface area contributed by atoms with Gasteiger partial charge in [0.25, 0.3) is 0 Å². The topological polar surface area (TPSA) is 72.0 Å². The Balaban J connectivity index is 2.09. The van der Waals surface area contributed by atoms with Gasteiger partial charge in [-0.05, 0) is 19.3 Å².